The van der Waals surface area contributed by atoms with Gasteiger partial charge in [0, 0.05) is 32.8 Å². The van der Waals surface area contributed by atoms with Crippen LogP contribution in [0.4, 0.5) is 5.82 Å². The van der Waals surface area contributed by atoms with E-state index in [-0.39, 0.29) is 6.42 Å². The van der Waals surface area contributed by atoms with Gasteiger partial charge in [0.25, 0.3) is 0 Å². The molecule has 1 unspecified atom stereocenters. The lowest BCUT2D eigenvalue weighted by molar-refractivity contribution is -0.121. The van der Waals surface area contributed by atoms with Crippen LogP contribution < -0.4 is 4.90 Å². The van der Waals surface area contributed by atoms with Gasteiger partial charge in [-0.25, -0.2) is 9.97 Å². The van der Waals surface area contributed by atoms with Crippen molar-refractivity contribution in [2.75, 3.05) is 32.1 Å². The largest absolute Gasteiger partial charge is 0.358 e. The predicted octanol–water partition coefficient (Wildman–Crippen LogP) is 0.700. The van der Waals surface area contributed by atoms with Crippen LogP contribution in [0.15, 0.2) is 12.3 Å². The summed E-state index contributed by atoms with van der Waals surface area (Å²) in [6, 6.07) is 1.84. The minimum absolute atomic E-state index is 0.198. The predicted molar refractivity (Wildman–Crippen MR) is 77.8 cm³/mol. The van der Waals surface area contributed by atoms with Crippen LogP contribution in [0.25, 0.3) is 0 Å². The second-order valence-electron chi connectivity index (χ2n) is 5.15. The van der Waals surface area contributed by atoms with Crippen LogP contribution in [-0.2, 0) is 9.59 Å². The van der Waals surface area contributed by atoms with Crippen LogP contribution in [0.1, 0.15) is 19.2 Å². The Morgan fingerprint density at radius 1 is 1.30 bits per heavy atom. The molecule has 0 amide bonds. The average Bonchev–Trinajstić information content (AvgIpc) is 2.44. The van der Waals surface area contributed by atoms with Gasteiger partial charge in [0.15, 0.2) is 0 Å². The summed E-state index contributed by atoms with van der Waals surface area (Å²) in [5.74, 6) is 1.57. The third-order valence-corrected chi connectivity index (χ3v) is 3.55. The molecule has 0 bridgehead atoms. The van der Waals surface area contributed by atoms with Crippen molar-refractivity contribution in [1.29, 1.82) is 0 Å². The van der Waals surface area contributed by atoms with Crippen LogP contribution in [0, 0.1) is 6.92 Å². The third-order valence-electron chi connectivity index (χ3n) is 3.55. The first-order valence-electron chi connectivity index (χ1n) is 6.55. The van der Waals surface area contributed by atoms with Crippen molar-refractivity contribution >= 4 is 18.4 Å². The summed E-state index contributed by atoms with van der Waals surface area (Å²) in [6.45, 7) is 4.97. The van der Waals surface area contributed by atoms with Crippen molar-refractivity contribution in [3.05, 3.63) is 18.1 Å². The molecule has 0 aliphatic rings. The number of anilines is 1. The molecule has 0 saturated carbocycles. The quantitative estimate of drug-likeness (QED) is 0.652. The summed E-state index contributed by atoms with van der Waals surface area (Å²) in [6.07, 6.45) is 3.53. The molecule has 0 aliphatic carbocycles. The maximum Gasteiger partial charge on any atom is 0.140 e. The maximum atomic E-state index is 11.2. The fraction of sp³-hybridized carbons (Fsp3) is 0.571. The van der Waals surface area contributed by atoms with E-state index in [2.05, 4.69) is 9.97 Å². The number of hydrogen-bond acceptors (Lipinski definition) is 6. The second-order valence-corrected chi connectivity index (χ2v) is 5.15. The highest BCUT2D eigenvalue weighted by Gasteiger charge is 2.28. The highest BCUT2D eigenvalue weighted by atomic mass is 16.1. The first kappa shape index (κ1) is 16.2. The van der Waals surface area contributed by atoms with Gasteiger partial charge in [0.2, 0.25) is 0 Å². The maximum absolute atomic E-state index is 11.2. The van der Waals surface area contributed by atoms with E-state index in [9.17, 15) is 9.59 Å². The zero-order valence-corrected chi connectivity index (χ0v) is 12.5. The van der Waals surface area contributed by atoms with Gasteiger partial charge in [-0.15, -0.1) is 0 Å². The standard InChI is InChI=1S/C14H22N4O2/c1-12-15-7-5-13(16-12)17(3)8-9-18(4)14(2,11-20)6-10-19/h5,7,10-11H,6,8-9H2,1-4H3. The first-order valence-corrected chi connectivity index (χ1v) is 6.55. The van der Waals surface area contributed by atoms with E-state index in [1.807, 2.05) is 36.9 Å². The van der Waals surface area contributed by atoms with Crippen LogP contribution in [0.5, 0.6) is 0 Å². The van der Waals surface area contributed by atoms with E-state index in [1.165, 1.54) is 0 Å². The normalized spacial score (nSPS) is 13.8. The van der Waals surface area contributed by atoms with Crippen LogP contribution in [0.2, 0.25) is 0 Å². The molecule has 110 valence electrons. The number of hydrogen-bond donors (Lipinski definition) is 0. The molecule has 1 rings (SSSR count). The van der Waals surface area contributed by atoms with Gasteiger partial charge in [-0.2, -0.15) is 0 Å². The van der Waals surface area contributed by atoms with E-state index < -0.39 is 5.54 Å². The SMILES string of the molecule is Cc1nccc(N(C)CCN(C)C(C)(C=O)CC=O)n1. The van der Waals surface area contributed by atoms with E-state index in [0.29, 0.717) is 13.1 Å². The summed E-state index contributed by atoms with van der Waals surface area (Å²) in [7, 11) is 3.78. The van der Waals surface area contributed by atoms with Crippen molar-refractivity contribution in [2.24, 2.45) is 0 Å². The van der Waals surface area contributed by atoms with Crippen LogP contribution in [-0.4, -0.2) is 60.2 Å². The molecule has 1 atom stereocenters. The van der Waals surface area contributed by atoms with Gasteiger partial charge in [0.1, 0.15) is 24.2 Å². The van der Waals surface area contributed by atoms with Crippen molar-refractivity contribution in [3.8, 4) is 0 Å². The molecule has 0 aliphatic heterocycles. The Labute approximate surface area is 119 Å². The van der Waals surface area contributed by atoms with E-state index in [1.54, 1.807) is 13.1 Å². The minimum Gasteiger partial charge on any atom is -0.358 e. The lowest BCUT2D eigenvalue weighted by Crippen LogP contribution is -2.48. The molecule has 0 N–H and O–H groups in total. The van der Waals surface area contributed by atoms with Crippen molar-refractivity contribution < 1.29 is 9.59 Å². The van der Waals surface area contributed by atoms with Crippen molar-refractivity contribution in [1.82, 2.24) is 14.9 Å². The van der Waals surface area contributed by atoms with E-state index in [4.69, 9.17) is 0 Å². The number of aldehydes is 2. The number of likely N-dealkylation sites (N-methyl/N-ethyl adjacent to an activating group) is 2. The third kappa shape index (κ3) is 4.09. The molecule has 20 heavy (non-hydrogen) atoms. The lowest BCUT2D eigenvalue weighted by Gasteiger charge is -2.33. The molecule has 1 heterocycles. The summed E-state index contributed by atoms with van der Waals surface area (Å²) in [5, 5.41) is 0. The molecule has 0 spiro atoms. The number of rotatable bonds is 8. The van der Waals surface area contributed by atoms with Gasteiger partial charge >= 0.3 is 0 Å². The van der Waals surface area contributed by atoms with Crippen molar-refractivity contribution in [3.63, 3.8) is 0 Å². The number of aryl methyl sites for hydroxylation is 1. The zero-order valence-electron chi connectivity index (χ0n) is 12.5. The Morgan fingerprint density at radius 2 is 2.00 bits per heavy atom. The molecule has 0 aromatic carbocycles. The molecule has 0 saturated heterocycles. The molecule has 6 heteroatoms. The Kier molecular flexibility index (Phi) is 5.76. The highest BCUT2D eigenvalue weighted by molar-refractivity contribution is 5.70. The van der Waals surface area contributed by atoms with Gasteiger partial charge in [0.05, 0.1) is 5.54 Å². The second kappa shape index (κ2) is 7.09. The summed E-state index contributed by atoms with van der Waals surface area (Å²) >= 11 is 0. The molecule has 1 aromatic rings. The zero-order chi connectivity index (χ0) is 15.2. The Balaban J connectivity index is 2.62. The number of carbonyl (C=O) groups excluding carboxylic acids is 2. The molecular weight excluding hydrogens is 256 g/mol. The Bertz CT molecular complexity index is 466. The van der Waals surface area contributed by atoms with Gasteiger partial charge < -0.3 is 14.5 Å². The van der Waals surface area contributed by atoms with Crippen molar-refractivity contribution in [2.45, 2.75) is 25.8 Å². The van der Waals surface area contributed by atoms with Gasteiger partial charge in [-0.3, -0.25) is 4.90 Å². The molecule has 0 radical (unpaired) electrons. The van der Waals surface area contributed by atoms with E-state index in [0.717, 1.165) is 24.2 Å². The average molecular weight is 278 g/mol. The first-order chi connectivity index (χ1) is 9.42. The van der Waals surface area contributed by atoms with Crippen LogP contribution >= 0.6 is 0 Å². The van der Waals surface area contributed by atoms with Crippen LogP contribution in [0.3, 0.4) is 0 Å². The minimum atomic E-state index is -0.746. The topological polar surface area (TPSA) is 66.4 Å². The number of aromatic nitrogens is 2. The number of carbonyl (C=O) groups is 2. The summed E-state index contributed by atoms with van der Waals surface area (Å²) in [5.41, 5.74) is -0.746. The monoisotopic (exact) mass is 278 g/mol. The molecule has 0 fully saturated rings. The Hall–Kier alpha value is -1.82. The fourth-order valence-electron chi connectivity index (χ4n) is 1.79. The van der Waals surface area contributed by atoms with Gasteiger partial charge in [-0.1, -0.05) is 0 Å². The smallest absolute Gasteiger partial charge is 0.140 e. The fourth-order valence-corrected chi connectivity index (χ4v) is 1.79. The summed E-state index contributed by atoms with van der Waals surface area (Å²) < 4.78 is 0. The highest BCUT2D eigenvalue weighted by Crippen LogP contribution is 2.14. The number of nitrogens with zero attached hydrogens (tertiary/aromatic N) is 4. The molecule has 1 aromatic heterocycles. The molecular formula is C14H22N4O2. The van der Waals surface area contributed by atoms with Gasteiger partial charge in [-0.05, 0) is 27.0 Å². The lowest BCUT2D eigenvalue weighted by atomic mass is 9.99. The summed E-state index contributed by atoms with van der Waals surface area (Å²) in [4.78, 5) is 34.1. The Morgan fingerprint density at radius 3 is 2.55 bits per heavy atom. The van der Waals surface area contributed by atoms with E-state index >= 15 is 0 Å². The molecule has 6 nitrogen and oxygen atoms in total.